The molecule has 0 saturated carbocycles. The molecule has 0 unspecified atom stereocenters. The number of amides is 1. The van der Waals surface area contributed by atoms with Gasteiger partial charge in [-0.3, -0.25) is 9.48 Å². The monoisotopic (exact) mass is 354 g/mol. The quantitative estimate of drug-likeness (QED) is 0.736. The predicted molar refractivity (Wildman–Crippen MR) is 99.7 cm³/mol. The number of ether oxygens (including phenoxy) is 2. The summed E-state index contributed by atoms with van der Waals surface area (Å²) in [7, 11) is 1.84. The van der Waals surface area contributed by atoms with Gasteiger partial charge in [-0.05, 0) is 50.6 Å². The summed E-state index contributed by atoms with van der Waals surface area (Å²) in [5.74, 6) is 0.913. The van der Waals surface area contributed by atoms with Crippen molar-refractivity contribution in [1.29, 1.82) is 0 Å². The van der Waals surface area contributed by atoms with E-state index in [0.29, 0.717) is 18.2 Å². The molecule has 1 aromatic carbocycles. The van der Waals surface area contributed by atoms with Gasteiger partial charge in [-0.1, -0.05) is 0 Å². The first-order valence-electron chi connectivity index (χ1n) is 8.44. The third kappa shape index (κ3) is 3.77. The predicted octanol–water partition coefficient (Wildman–Crippen LogP) is 3.00. The average Bonchev–Trinajstić information content (AvgIpc) is 2.89. The molecule has 0 aliphatic heterocycles. The maximum absolute atomic E-state index is 12.1. The fraction of sp³-hybridized carbons (Fsp3) is 0.316. The molecule has 3 rings (SSSR count). The fourth-order valence-electron chi connectivity index (χ4n) is 2.84. The number of nitrogens with one attached hydrogen (secondary N) is 1. The number of hydrogen-bond acceptors (Lipinski definition) is 5. The van der Waals surface area contributed by atoms with E-state index in [1.807, 2.05) is 46.0 Å². The van der Waals surface area contributed by atoms with Gasteiger partial charge in [-0.15, -0.1) is 0 Å². The number of nitrogens with zero attached hydrogens (tertiary/aromatic N) is 3. The minimum Gasteiger partial charge on any atom is -0.494 e. The van der Waals surface area contributed by atoms with Gasteiger partial charge in [0.1, 0.15) is 5.75 Å². The van der Waals surface area contributed by atoms with E-state index in [1.54, 1.807) is 16.8 Å². The fourth-order valence-corrected chi connectivity index (χ4v) is 2.84. The molecule has 0 aliphatic rings. The Balaban J connectivity index is 1.64. The van der Waals surface area contributed by atoms with Crippen LogP contribution in [0.15, 0.2) is 30.3 Å². The summed E-state index contributed by atoms with van der Waals surface area (Å²) in [6.45, 7) is 6.33. The van der Waals surface area contributed by atoms with Crippen LogP contribution in [0.1, 0.15) is 18.2 Å². The van der Waals surface area contributed by atoms with Gasteiger partial charge in [-0.2, -0.15) is 10.1 Å². The molecule has 0 bridgehead atoms. The maximum Gasteiger partial charge on any atom is 0.262 e. The van der Waals surface area contributed by atoms with Crippen LogP contribution in [0.4, 0.5) is 5.69 Å². The van der Waals surface area contributed by atoms with Crippen LogP contribution in [-0.4, -0.2) is 33.9 Å². The molecule has 0 saturated heterocycles. The highest BCUT2D eigenvalue weighted by atomic mass is 16.5. The van der Waals surface area contributed by atoms with Gasteiger partial charge in [0, 0.05) is 24.2 Å². The molecule has 3 aromatic rings. The van der Waals surface area contributed by atoms with Crippen LogP contribution in [0, 0.1) is 13.8 Å². The molecule has 0 spiro atoms. The molecule has 7 nitrogen and oxygen atoms in total. The Bertz CT molecular complexity index is 932. The zero-order valence-electron chi connectivity index (χ0n) is 15.4. The van der Waals surface area contributed by atoms with Crippen LogP contribution in [0.3, 0.4) is 0 Å². The number of hydrogen-bond donors (Lipinski definition) is 1. The summed E-state index contributed by atoms with van der Waals surface area (Å²) in [6, 6.07) is 9.01. The lowest BCUT2D eigenvalue weighted by Gasteiger charge is -2.09. The number of carbonyl (C=O) groups excluding carboxylic acids is 1. The molecular formula is C19H22N4O3. The van der Waals surface area contributed by atoms with Gasteiger partial charge in [0.05, 0.1) is 12.3 Å². The zero-order valence-corrected chi connectivity index (χ0v) is 15.4. The van der Waals surface area contributed by atoms with Crippen LogP contribution in [0.25, 0.3) is 11.0 Å². The van der Waals surface area contributed by atoms with Crippen LogP contribution in [-0.2, 0) is 11.8 Å². The standard InChI is InChI=1S/C19H22N4O3/c1-5-25-15-8-6-14(7-9-15)20-16(24)11-26-17-10-12(2)18-13(3)22-23(4)19(18)21-17/h6-10H,5,11H2,1-4H3,(H,20,24). The van der Waals surface area contributed by atoms with Crippen LogP contribution in [0.2, 0.25) is 0 Å². The van der Waals surface area contributed by atoms with Crippen molar-refractivity contribution >= 4 is 22.6 Å². The van der Waals surface area contributed by atoms with Gasteiger partial charge in [0.2, 0.25) is 5.88 Å². The number of benzene rings is 1. The van der Waals surface area contributed by atoms with E-state index in [9.17, 15) is 4.79 Å². The highest BCUT2D eigenvalue weighted by molar-refractivity contribution is 5.92. The molecule has 2 aromatic heterocycles. The van der Waals surface area contributed by atoms with E-state index < -0.39 is 0 Å². The summed E-state index contributed by atoms with van der Waals surface area (Å²) in [6.07, 6.45) is 0. The van der Waals surface area contributed by atoms with Gasteiger partial charge >= 0.3 is 0 Å². The summed E-state index contributed by atoms with van der Waals surface area (Å²) in [5.41, 5.74) is 3.36. The Morgan fingerprint density at radius 3 is 2.62 bits per heavy atom. The van der Waals surface area contributed by atoms with Crippen molar-refractivity contribution in [3.05, 3.63) is 41.6 Å². The number of aromatic nitrogens is 3. The van der Waals surface area contributed by atoms with Crippen molar-refractivity contribution in [3.63, 3.8) is 0 Å². The van der Waals surface area contributed by atoms with Gasteiger partial charge < -0.3 is 14.8 Å². The van der Waals surface area contributed by atoms with Crippen molar-refractivity contribution in [3.8, 4) is 11.6 Å². The second-order valence-electron chi connectivity index (χ2n) is 5.98. The van der Waals surface area contributed by atoms with E-state index in [1.165, 1.54) is 0 Å². The maximum atomic E-state index is 12.1. The second-order valence-corrected chi connectivity index (χ2v) is 5.98. The van der Waals surface area contributed by atoms with Gasteiger partial charge in [0.25, 0.3) is 5.91 Å². The summed E-state index contributed by atoms with van der Waals surface area (Å²) in [4.78, 5) is 16.6. The smallest absolute Gasteiger partial charge is 0.262 e. The highest BCUT2D eigenvalue weighted by Crippen LogP contribution is 2.23. The summed E-state index contributed by atoms with van der Waals surface area (Å²) >= 11 is 0. The molecule has 0 fully saturated rings. The lowest BCUT2D eigenvalue weighted by molar-refractivity contribution is -0.118. The lowest BCUT2D eigenvalue weighted by atomic mass is 10.2. The van der Waals surface area contributed by atoms with Crippen molar-refractivity contribution in [2.75, 3.05) is 18.5 Å². The number of carbonyl (C=O) groups is 1. The van der Waals surface area contributed by atoms with Gasteiger partial charge in [-0.25, -0.2) is 0 Å². The second kappa shape index (κ2) is 7.43. The van der Waals surface area contributed by atoms with E-state index in [-0.39, 0.29) is 12.5 Å². The van der Waals surface area contributed by atoms with Crippen LogP contribution >= 0.6 is 0 Å². The van der Waals surface area contributed by atoms with E-state index >= 15 is 0 Å². The zero-order chi connectivity index (χ0) is 18.7. The molecular weight excluding hydrogens is 332 g/mol. The molecule has 2 heterocycles. The van der Waals surface area contributed by atoms with E-state index in [2.05, 4.69) is 15.4 Å². The first-order chi connectivity index (χ1) is 12.5. The molecule has 136 valence electrons. The number of anilines is 1. The molecule has 26 heavy (non-hydrogen) atoms. The molecule has 7 heteroatoms. The highest BCUT2D eigenvalue weighted by Gasteiger charge is 2.12. The molecule has 0 atom stereocenters. The van der Waals surface area contributed by atoms with Crippen LogP contribution in [0.5, 0.6) is 11.6 Å². The summed E-state index contributed by atoms with van der Waals surface area (Å²) < 4.78 is 12.7. The minimum absolute atomic E-state index is 0.123. The third-order valence-electron chi connectivity index (χ3n) is 3.94. The Kier molecular flexibility index (Phi) is 5.06. The van der Waals surface area contributed by atoms with E-state index in [4.69, 9.17) is 9.47 Å². The van der Waals surface area contributed by atoms with E-state index in [0.717, 1.165) is 28.0 Å². The van der Waals surface area contributed by atoms with Crippen molar-refractivity contribution in [2.24, 2.45) is 7.05 Å². The largest absolute Gasteiger partial charge is 0.494 e. The summed E-state index contributed by atoms with van der Waals surface area (Å²) in [5, 5.41) is 8.17. The topological polar surface area (TPSA) is 78.3 Å². The Hall–Kier alpha value is -3.09. The molecule has 1 amide bonds. The Morgan fingerprint density at radius 2 is 1.92 bits per heavy atom. The number of fused-ring (bicyclic) bond motifs is 1. The van der Waals surface area contributed by atoms with Crippen molar-refractivity contribution in [2.45, 2.75) is 20.8 Å². The average molecular weight is 354 g/mol. The third-order valence-corrected chi connectivity index (χ3v) is 3.94. The Morgan fingerprint density at radius 1 is 1.19 bits per heavy atom. The van der Waals surface area contributed by atoms with Crippen molar-refractivity contribution < 1.29 is 14.3 Å². The number of aryl methyl sites for hydroxylation is 3. The number of rotatable bonds is 6. The van der Waals surface area contributed by atoms with Crippen molar-refractivity contribution in [1.82, 2.24) is 14.8 Å². The molecule has 0 radical (unpaired) electrons. The Labute approximate surface area is 151 Å². The SMILES string of the molecule is CCOc1ccc(NC(=O)COc2cc(C)c3c(C)nn(C)c3n2)cc1. The molecule has 0 aliphatic carbocycles. The normalized spacial score (nSPS) is 10.8. The van der Waals surface area contributed by atoms with Crippen LogP contribution < -0.4 is 14.8 Å². The molecule has 1 N–H and O–H groups in total. The first kappa shape index (κ1) is 17.7. The minimum atomic E-state index is -0.255. The first-order valence-corrected chi connectivity index (χ1v) is 8.44. The number of pyridine rings is 1. The lowest BCUT2D eigenvalue weighted by Crippen LogP contribution is -2.20. The van der Waals surface area contributed by atoms with Gasteiger partial charge in [0.15, 0.2) is 12.3 Å².